The summed E-state index contributed by atoms with van der Waals surface area (Å²) in [4.78, 5) is 4.40. The van der Waals surface area contributed by atoms with Gasteiger partial charge in [0.2, 0.25) is 0 Å². The highest BCUT2D eigenvalue weighted by atomic mass is 16.6. The standard InChI is InChI=1S/C60H97N3O20/c61-54-60(55-4-2-1-3-5-55,56-6-10-58(11-7-56)62(14-22-68-30-38-76-46-50-80-42-34-72-26-18-64)15-23-69-31-39-77-47-51-81-43-35-73-27-19-65)57-8-12-59(13-9-57)63(16-24-70-32-40-78-48-52-82-44-36-74-28-20-66)17-25-71-33-41-79-49-53-83-45-37-75-29-21-67/h1-13,64-67H,14-53H2. The van der Waals surface area contributed by atoms with Crippen LogP contribution in [-0.2, 0) is 81.2 Å². The number of aliphatic hydroxyl groups is 4. The van der Waals surface area contributed by atoms with Crippen molar-refractivity contribution in [3.05, 3.63) is 95.6 Å². The summed E-state index contributed by atoms with van der Waals surface area (Å²) in [6.07, 6.45) is 0. The zero-order valence-electron chi connectivity index (χ0n) is 49.0. The first kappa shape index (κ1) is 73.2. The topological polar surface area (TPSA) is 259 Å². The summed E-state index contributed by atoms with van der Waals surface area (Å²) in [7, 11) is 0. The molecule has 23 nitrogen and oxygen atoms in total. The van der Waals surface area contributed by atoms with Crippen LogP contribution in [-0.4, -0.2) is 284 Å². The van der Waals surface area contributed by atoms with Crippen LogP contribution in [0.15, 0.2) is 78.9 Å². The van der Waals surface area contributed by atoms with Gasteiger partial charge in [0.1, 0.15) is 5.41 Å². The highest BCUT2D eigenvalue weighted by Crippen LogP contribution is 2.40. The second-order valence-corrected chi connectivity index (χ2v) is 18.0. The molecule has 0 atom stereocenters. The van der Waals surface area contributed by atoms with Crippen molar-refractivity contribution in [3.63, 3.8) is 0 Å². The van der Waals surface area contributed by atoms with Crippen LogP contribution < -0.4 is 9.80 Å². The molecule has 0 heterocycles. The van der Waals surface area contributed by atoms with Gasteiger partial charge in [0, 0.05) is 37.6 Å². The Labute approximate surface area is 492 Å². The first-order valence-corrected chi connectivity index (χ1v) is 29.0. The summed E-state index contributed by atoms with van der Waals surface area (Å²) >= 11 is 0. The van der Waals surface area contributed by atoms with Crippen LogP contribution in [0.4, 0.5) is 11.4 Å². The van der Waals surface area contributed by atoms with Gasteiger partial charge in [0.15, 0.2) is 0 Å². The van der Waals surface area contributed by atoms with Crippen LogP contribution in [0.3, 0.4) is 0 Å². The van der Waals surface area contributed by atoms with Crippen molar-refractivity contribution in [1.82, 2.24) is 0 Å². The van der Waals surface area contributed by atoms with Crippen molar-refractivity contribution in [2.24, 2.45) is 0 Å². The van der Waals surface area contributed by atoms with E-state index in [2.05, 4.69) is 15.9 Å². The van der Waals surface area contributed by atoms with E-state index in [0.717, 1.165) is 28.1 Å². The lowest BCUT2D eigenvalue weighted by molar-refractivity contribution is -0.00592. The molecule has 0 aliphatic rings. The number of nitriles is 1. The molecule has 0 spiro atoms. The molecule has 0 aromatic heterocycles. The molecule has 3 aromatic carbocycles. The smallest absolute Gasteiger partial charge is 0.132 e. The maximum atomic E-state index is 11.4. The van der Waals surface area contributed by atoms with Gasteiger partial charge < -0.3 is 106 Å². The molecule has 23 heteroatoms. The Kier molecular flexibility index (Phi) is 47.1. The van der Waals surface area contributed by atoms with Gasteiger partial charge in [0.05, 0.1) is 244 Å². The summed E-state index contributed by atoms with van der Waals surface area (Å²) < 4.78 is 89.6. The highest BCUT2D eigenvalue weighted by Gasteiger charge is 2.37. The molecule has 3 rings (SSSR count). The maximum Gasteiger partial charge on any atom is 0.132 e. The van der Waals surface area contributed by atoms with Crippen molar-refractivity contribution in [3.8, 4) is 6.07 Å². The van der Waals surface area contributed by atoms with E-state index >= 15 is 0 Å². The lowest BCUT2D eigenvalue weighted by Gasteiger charge is -2.31. The molecule has 83 heavy (non-hydrogen) atoms. The van der Waals surface area contributed by atoms with Gasteiger partial charge in [-0.2, -0.15) is 5.26 Å². The van der Waals surface area contributed by atoms with Crippen LogP contribution in [0.5, 0.6) is 0 Å². The van der Waals surface area contributed by atoms with E-state index in [9.17, 15) is 5.26 Å². The number of anilines is 2. The fourth-order valence-corrected chi connectivity index (χ4v) is 7.97. The molecule has 0 fully saturated rings. The second-order valence-electron chi connectivity index (χ2n) is 18.0. The predicted octanol–water partition coefficient (Wildman–Crippen LogP) is 2.39. The third-order valence-corrected chi connectivity index (χ3v) is 12.1. The highest BCUT2D eigenvalue weighted by molar-refractivity contribution is 5.61. The van der Waals surface area contributed by atoms with Gasteiger partial charge in [-0.15, -0.1) is 0 Å². The maximum absolute atomic E-state index is 11.4. The molecule has 0 amide bonds. The first-order valence-electron chi connectivity index (χ1n) is 29.0. The van der Waals surface area contributed by atoms with E-state index < -0.39 is 5.41 Å². The minimum absolute atomic E-state index is 0.0160. The quantitative estimate of drug-likeness (QED) is 0.0467. The summed E-state index contributed by atoms with van der Waals surface area (Å²) in [5, 5.41) is 46.7. The van der Waals surface area contributed by atoms with Crippen LogP contribution in [0, 0.1) is 11.3 Å². The molecule has 3 aromatic rings. The lowest BCUT2D eigenvalue weighted by Crippen LogP contribution is -2.32. The molecule has 4 N–H and O–H groups in total. The van der Waals surface area contributed by atoms with Crippen LogP contribution in [0.25, 0.3) is 0 Å². The summed E-state index contributed by atoms with van der Waals surface area (Å²) in [5.41, 5.74) is 3.20. The predicted molar refractivity (Wildman–Crippen MR) is 311 cm³/mol. The number of ether oxygens (including phenoxy) is 16. The Morgan fingerprint density at radius 1 is 0.265 bits per heavy atom. The number of benzene rings is 3. The van der Waals surface area contributed by atoms with E-state index in [-0.39, 0.29) is 26.4 Å². The van der Waals surface area contributed by atoms with Gasteiger partial charge in [-0.1, -0.05) is 54.6 Å². The monoisotopic (exact) mass is 1180 g/mol. The largest absolute Gasteiger partial charge is 0.394 e. The molecule has 0 unspecified atom stereocenters. The Bertz CT molecular complexity index is 1740. The number of aliphatic hydroxyl groups excluding tert-OH is 4. The van der Waals surface area contributed by atoms with E-state index in [4.69, 9.17) is 96.2 Å². The Hall–Kier alpha value is -4.05. The summed E-state index contributed by atoms with van der Waals surface area (Å²) in [5.74, 6) is 0. The molecule has 0 saturated heterocycles. The minimum Gasteiger partial charge on any atom is -0.394 e. The fourth-order valence-electron chi connectivity index (χ4n) is 7.97. The Balaban J connectivity index is 1.69. The first-order chi connectivity index (χ1) is 41.1. The van der Waals surface area contributed by atoms with E-state index in [0.29, 0.717) is 238 Å². The van der Waals surface area contributed by atoms with E-state index in [1.165, 1.54) is 0 Å². The average molecular weight is 1180 g/mol. The third kappa shape index (κ3) is 35.2. The zero-order valence-corrected chi connectivity index (χ0v) is 49.0. The van der Waals surface area contributed by atoms with Gasteiger partial charge >= 0.3 is 0 Å². The van der Waals surface area contributed by atoms with E-state index in [1.807, 2.05) is 78.9 Å². The number of nitrogens with zero attached hydrogens (tertiary/aromatic N) is 3. The van der Waals surface area contributed by atoms with Crippen molar-refractivity contribution in [1.29, 1.82) is 5.26 Å². The van der Waals surface area contributed by atoms with Crippen LogP contribution in [0.1, 0.15) is 16.7 Å². The minimum atomic E-state index is -1.15. The molecular weight excluding hydrogens is 1080 g/mol. The number of rotatable bonds is 61. The SMILES string of the molecule is N#CC(c1ccccc1)(c1ccc(N(CCOCCOCCOCCOCCO)CCOCCOCCOCCOCCO)cc1)c1ccc(N(CCOCCOCCOCCOCCO)CCOCCOCCOCCOCCO)cc1. The Morgan fingerprint density at radius 2 is 0.458 bits per heavy atom. The number of hydrogen-bond donors (Lipinski definition) is 4. The second kappa shape index (κ2) is 53.4. The van der Waals surface area contributed by atoms with Crippen molar-refractivity contribution in [2.45, 2.75) is 5.41 Å². The van der Waals surface area contributed by atoms with Crippen molar-refractivity contribution in [2.75, 3.05) is 274 Å². The Morgan fingerprint density at radius 3 is 0.663 bits per heavy atom. The van der Waals surface area contributed by atoms with Crippen molar-refractivity contribution >= 4 is 11.4 Å². The molecule has 0 bridgehead atoms. The van der Waals surface area contributed by atoms with Crippen LogP contribution >= 0.6 is 0 Å². The zero-order chi connectivity index (χ0) is 59.0. The normalized spacial score (nSPS) is 11.7. The molecule has 0 aliphatic heterocycles. The summed E-state index contributed by atoms with van der Waals surface area (Å²) in [6.45, 7) is 15.4. The molecule has 0 saturated carbocycles. The molecule has 472 valence electrons. The van der Waals surface area contributed by atoms with E-state index in [1.54, 1.807) is 0 Å². The van der Waals surface area contributed by atoms with Gasteiger partial charge in [0.25, 0.3) is 0 Å². The number of hydrogen-bond acceptors (Lipinski definition) is 23. The third-order valence-electron chi connectivity index (χ3n) is 12.1. The van der Waals surface area contributed by atoms with Crippen molar-refractivity contribution < 1.29 is 96.2 Å². The molecule has 0 radical (unpaired) electrons. The van der Waals surface area contributed by atoms with Gasteiger partial charge in [-0.3, -0.25) is 0 Å². The molecular formula is C60H97N3O20. The van der Waals surface area contributed by atoms with Gasteiger partial charge in [-0.25, -0.2) is 0 Å². The lowest BCUT2D eigenvalue weighted by atomic mass is 9.70. The van der Waals surface area contributed by atoms with Crippen LogP contribution in [0.2, 0.25) is 0 Å². The fraction of sp³-hybridized carbons (Fsp3) is 0.683. The average Bonchev–Trinajstić information content (AvgIpc) is 3.71. The summed E-state index contributed by atoms with van der Waals surface area (Å²) in [6, 6.07) is 28.9. The molecule has 0 aliphatic carbocycles. The van der Waals surface area contributed by atoms with Gasteiger partial charge in [-0.05, 0) is 41.0 Å².